The second-order valence-electron chi connectivity index (χ2n) is 14.2. The molecule has 2 aromatic heterocycles. The first-order chi connectivity index (χ1) is 26.2. The average Bonchev–Trinajstić information content (AvgIpc) is 3.81. The third-order valence-corrected chi connectivity index (χ3v) is 10.3. The smallest absolute Gasteiger partial charge is 0.255 e. The number of carbonyl (C=O) groups is 1. The highest BCUT2D eigenvalue weighted by molar-refractivity contribution is 6.30. The summed E-state index contributed by atoms with van der Waals surface area (Å²) in [5, 5.41) is 21.1. The van der Waals surface area contributed by atoms with Crippen LogP contribution in [0.5, 0.6) is 0 Å². The summed E-state index contributed by atoms with van der Waals surface area (Å²) in [6.45, 7) is 10.5. The first kappa shape index (κ1) is 38.9. The maximum absolute atomic E-state index is 13.2. The minimum Gasteiger partial charge on any atom is -0.516 e. The van der Waals surface area contributed by atoms with Crippen molar-refractivity contribution in [1.82, 2.24) is 24.6 Å². The molecule has 0 bridgehead atoms. The van der Waals surface area contributed by atoms with E-state index < -0.39 is 0 Å². The molecule has 284 valence electrons. The molecule has 0 unspecified atom stereocenters. The molecule has 54 heavy (non-hydrogen) atoms. The van der Waals surface area contributed by atoms with Crippen LogP contribution < -0.4 is 5.32 Å². The topological polar surface area (TPSA) is 121 Å². The second kappa shape index (κ2) is 18.5. The SMILES string of the molecule is C1COC1.C=NCc1ccc(Cl)cc1F.Cc1cc(NC(=O)c2ccc3c(c2)nc(CN2CCC(C/C=C\C=C\O)CC2)n3C)cc2c(C3CC3)[nH]nc12. The number of ether oxygens (including phenoxy) is 1. The van der Waals surface area contributed by atoms with Crippen molar-refractivity contribution in [3.63, 3.8) is 0 Å². The molecule has 0 atom stereocenters. The number of benzene rings is 3. The van der Waals surface area contributed by atoms with E-state index in [0.717, 1.165) is 97.4 Å². The molecule has 1 amide bonds. The fourth-order valence-corrected chi connectivity index (χ4v) is 6.85. The molecule has 8 rings (SSSR count). The van der Waals surface area contributed by atoms with Gasteiger partial charge in [-0.3, -0.25) is 19.8 Å². The lowest BCUT2D eigenvalue weighted by Gasteiger charge is -2.31. The highest BCUT2D eigenvalue weighted by atomic mass is 35.5. The highest BCUT2D eigenvalue weighted by Gasteiger charge is 2.28. The molecule has 5 aromatic rings. The van der Waals surface area contributed by atoms with Gasteiger partial charge >= 0.3 is 0 Å². The number of piperidine rings is 1. The number of aromatic nitrogens is 4. The molecule has 0 spiro atoms. The number of amides is 1. The van der Waals surface area contributed by atoms with E-state index in [0.29, 0.717) is 34.5 Å². The standard InChI is InChI=1S/C31H36N6O2.C8H7ClFN.C3H6O/c1-20-16-24(18-25-29(20)34-35-30(25)22-7-8-22)32-31(39)23-9-10-27-26(17-23)33-28(36(27)2)19-37-13-11-21(12-14-37)6-4-3-5-15-38;1-11-5-6-2-3-7(9)4-8(6)10;1-2-4-3-1/h3-5,9-10,15-18,21-22,38H,6-8,11-14,19H2,1-2H3,(H,32,39)(H,34,35);2-4H,1,5H2;1-3H2/b4-3-,15-5+;;. The molecule has 0 radical (unpaired) electrons. The maximum Gasteiger partial charge on any atom is 0.255 e. The van der Waals surface area contributed by atoms with Gasteiger partial charge in [-0.05, 0) is 125 Å². The number of hydrogen-bond acceptors (Lipinski definition) is 7. The Hall–Kier alpha value is -4.84. The van der Waals surface area contributed by atoms with E-state index in [1.807, 2.05) is 43.3 Å². The highest BCUT2D eigenvalue weighted by Crippen LogP contribution is 2.43. The van der Waals surface area contributed by atoms with Crippen molar-refractivity contribution in [1.29, 1.82) is 0 Å². The lowest BCUT2D eigenvalue weighted by Crippen LogP contribution is -2.33. The summed E-state index contributed by atoms with van der Waals surface area (Å²) in [6.07, 6.45) is 13.8. The number of aryl methyl sites for hydroxylation is 2. The van der Waals surface area contributed by atoms with Crippen molar-refractivity contribution in [2.24, 2.45) is 18.0 Å². The molecule has 2 saturated heterocycles. The third kappa shape index (κ3) is 10.0. The summed E-state index contributed by atoms with van der Waals surface area (Å²) in [5.41, 5.74) is 7.00. The molecular weight excluding hydrogens is 705 g/mol. The third-order valence-electron chi connectivity index (χ3n) is 10.1. The number of rotatable bonds is 10. The Labute approximate surface area is 320 Å². The van der Waals surface area contributed by atoms with Crippen molar-refractivity contribution in [2.75, 3.05) is 31.6 Å². The molecule has 3 aromatic carbocycles. The van der Waals surface area contributed by atoms with E-state index in [-0.39, 0.29) is 11.7 Å². The lowest BCUT2D eigenvalue weighted by atomic mass is 9.93. The van der Waals surface area contributed by atoms with Crippen LogP contribution in [0, 0.1) is 18.7 Å². The number of aliphatic imine (C=N–C) groups is 1. The monoisotopic (exact) mass is 753 g/mol. The van der Waals surface area contributed by atoms with Crippen LogP contribution in [0.2, 0.25) is 5.02 Å². The number of allylic oxidation sites excluding steroid dienone is 3. The number of imidazole rings is 1. The first-order valence-corrected chi connectivity index (χ1v) is 19.0. The van der Waals surface area contributed by atoms with E-state index in [4.69, 9.17) is 26.4 Å². The summed E-state index contributed by atoms with van der Waals surface area (Å²) in [7, 11) is 2.05. The van der Waals surface area contributed by atoms with Crippen LogP contribution in [0.25, 0.3) is 21.9 Å². The van der Waals surface area contributed by atoms with Gasteiger partial charge in [-0.15, -0.1) is 0 Å². The summed E-state index contributed by atoms with van der Waals surface area (Å²) >= 11 is 5.53. The Morgan fingerprint density at radius 1 is 1.13 bits per heavy atom. The number of hydrogen-bond donors (Lipinski definition) is 3. The molecule has 3 aliphatic rings. The number of nitrogens with zero attached hydrogens (tertiary/aromatic N) is 5. The number of aromatic amines is 1. The average molecular weight is 754 g/mol. The van der Waals surface area contributed by atoms with Crippen LogP contribution in [0.15, 0.2) is 78.0 Å². The minimum absolute atomic E-state index is 0.134. The quantitative estimate of drug-likeness (QED) is 0.0743. The van der Waals surface area contributed by atoms with Crippen molar-refractivity contribution in [3.8, 4) is 0 Å². The van der Waals surface area contributed by atoms with E-state index in [1.54, 1.807) is 18.2 Å². The van der Waals surface area contributed by atoms with Gasteiger partial charge in [-0.1, -0.05) is 29.8 Å². The number of aliphatic hydroxyl groups excluding tert-OH is 1. The Balaban J connectivity index is 0.000000276. The molecule has 3 N–H and O–H groups in total. The summed E-state index contributed by atoms with van der Waals surface area (Å²) in [4.78, 5) is 24.2. The molecule has 1 saturated carbocycles. The van der Waals surface area contributed by atoms with Gasteiger partial charge < -0.3 is 19.7 Å². The predicted molar refractivity (Wildman–Crippen MR) is 215 cm³/mol. The largest absolute Gasteiger partial charge is 0.516 e. The van der Waals surface area contributed by atoms with Crippen LogP contribution in [0.1, 0.15) is 77.4 Å². The number of halogens is 2. The number of fused-ring (bicyclic) bond motifs is 2. The van der Waals surface area contributed by atoms with Gasteiger partial charge in [0.25, 0.3) is 5.91 Å². The van der Waals surface area contributed by atoms with Crippen LogP contribution in [0.3, 0.4) is 0 Å². The van der Waals surface area contributed by atoms with Gasteiger partial charge in [0, 0.05) is 59.1 Å². The number of likely N-dealkylation sites (tertiary alicyclic amines) is 1. The van der Waals surface area contributed by atoms with Gasteiger partial charge in [0.15, 0.2) is 0 Å². The summed E-state index contributed by atoms with van der Waals surface area (Å²) < 4.78 is 19.7. The zero-order valence-corrected chi connectivity index (χ0v) is 31.8. The van der Waals surface area contributed by atoms with Gasteiger partial charge in [0.05, 0.1) is 35.9 Å². The van der Waals surface area contributed by atoms with Gasteiger partial charge in [-0.25, -0.2) is 9.37 Å². The molecule has 10 nitrogen and oxygen atoms in total. The summed E-state index contributed by atoms with van der Waals surface area (Å²) in [5.74, 6) is 1.80. The predicted octanol–water partition coefficient (Wildman–Crippen LogP) is 9.20. The van der Waals surface area contributed by atoms with E-state index >= 15 is 0 Å². The van der Waals surface area contributed by atoms with Crippen LogP contribution in [-0.4, -0.2) is 68.7 Å². The number of anilines is 1. The van der Waals surface area contributed by atoms with Gasteiger partial charge in [0.1, 0.15) is 11.6 Å². The number of aliphatic hydroxyl groups is 1. The Kier molecular flexibility index (Phi) is 13.3. The molecular formula is C42H49ClFN7O3. The van der Waals surface area contributed by atoms with E-state index in [1.165, 1.54) is 31.0 Å². The Morgan fingerprint density at radius 2 is 1.89 bits per heavy atom. The zero-order valence-electron chi connectivity index (χ0n) is 31.0. The van der Waals surface area contributed by atoms with Crippen molar-refractivity contribution in [3.05, 3.63) is 112 Å². The van der Waals surface area contributed by atoms with Crippen molar-refractivity contribution >= 4 is 51.8 Å². The lowest BCUT2D eigenvalue weighted by molar-refractivity contribution is 0.0367. The Morgan fingerprint density at radius 3 is 2.56 bits per heavy atom. The van der Waals surface area contributed by atoms with Gasteiger partial charge in [0.2, 0.25) is 0 Å². The number of carbonyl (C=O) groups excluding carboxylic acids is 1. The maximum atomic E-state index is 13.2. The fraction of sp³-hybridized carbons (Fsp3) is 0.381. The van der Waals surface area contributed by atoms with Gasteiger partial charge in [-0.2, -0.15) is 5.10 Å². The summed E-state index contributed by atoms with van der Waals surface area (Å²) in [6, 6.07) is 14.3. The van der Waals surface area contributed by atoms with Crippen LogP contribution in [-0.2, 0) is 24.9 Å². The van der Waals surface area contributed by atoms with Crippen LogP contribution in [0.4, 0.5) is 10.1 Å². The normalized spacial score (nSPS) is 16.2. The molecule has 3 fully saturated rings. The first-order valence-electron chi connectivity index (χ1n) is 18.6. The fourth-order valence-electron chi connectivity index (χ4n) is 6.69. The zero-order chi connectivity index (χ0) is 38.0. The molecule has 1 aliphatic carbocycles. The number of nitrogens with one attached hydrogen (secondary N) is 2. The second-order valence-corrected chi connectivity index (χ2v) is 14.6. The van der Waals surface area contributed by atoms with Crippen molar-refractivity contribution in [2.45, 2.75) is 64.5 Å². The number of H-pyrrole nitrogens is 1. The van der Waals surface area contributed by atoms with E-state index in [2.05, 4.69) is 49.8 Å². The molecule has 12 heteroatoms. The van der Waals surface area contributed by atoms with Crippen molar-refractivity contribution < 1.29 is 19.0 Å². The molecule has 2 aliphatic heterocycles. The van der Waals surface area contributed by atoms with E-state index in [9.17, 15) is 9.18 Å². The minimum atomic E-state index is -0.329. The van der Waals surface area contributed by atoms with Crippen LogP contribution >= 0.6 is 11.6 Å². The molecule has 4 heterocycles. The Bertz CT molecular complexity index is 2120.